The summed E-state index contributed by atoms with van der Waals surface area (Å²) in [5.41, 5.74) is 3.28. The Bertz CT molecular complexity index is 990. The third-order valence-electron chi connectivity index (χ3n) is 5.70. The summed E-state index contributed by atoms with van der Waals surface area (Å²) in [5, 5.41) is 2.92. The second-order valence-corrected chi connectivity index (χ2v) is 7.74. The lowest BCUT2D eigenvalue weighted by Crippen LogP contribution is -2.47. The number of ether oxygens (including phenoxy) is 2. The van der Waals surface area contributed by atoms with Crippen molar-refractivity contribution in [1.82, 2.24) is 4.90 Å². The summed E-state index contributed by atoms with van der Waals surface area (Å²) in [6, 6.07) is 11.7. The van der Waals surface area contributed by atoms with E-state index < -0.39 is 6.04 Å². The Kier molecular flexibility index (Phi) is 7.61. The van der Waals surface area contributed by atoms with E-state index in [1.165, 1.54) is 4.90 Å². The topological polar surface area (TPSA) is 88.2 Å². The van der Waals surface area contributed by atoms with Gasteiger partial charge in [0, 0.05) is 19.3 Å². The maximum atomic E-state index is 13.2. The molecule has 1 saturated heterocycles. The fraction of sp³-hybridized carbons (Fsp3) is 0.375. The van der Waals surface area contributed by atoms with E-state index in [0.29, 0.717) is 24.6 Å². The molecule has 0 saturated carbocycles. The van der Waals surface area contributed by atoms with E-state index in [2.05, 4.69) is 5.32 Å². The molecule has 1 N–H and O–H groups in total. The van der Waals surface area contributed by atoms with E-state index in [1.54, 1.807) is 43.4 Å². The Morgan fingerprint density at radius 1 is 1.12 bits per heavy atom. The summed E-state index contributed by atoms with van der Waals surface area (Å²) in [6.07, 6.45) is 0.00529. The molecule has 1 atom stereocenters. The third kappa shape index (κ3) is 5.15. The Hall–Kier alpha value is -3.23. The van der Waals surface area contributed by atoms with Crippen molar-refractivity contribution in [2.45, 2.75) is 26.3 Å². The zero-order chi connectivity index (χ0) is 23.3. The lowest BCUT2D eigenvalue weighted by molar-refractivity contribution is -0.124. The number of aryl methyl sites for hydroxylation is 1. The molecule has 1 aliphatic rings. The highest BCUT2D eigenvalue weighted by atomic mass is 16.5. The van der Waals surface area contributed by atoms with Gasteiger partial charge in [-0.3, -0.25) is 19.3 Å². The number of methoxy groups -OCH3 is 2. The lowest BCUT2D eigenvalue weighted by Gasteiger charge is -2.26. The number of anilines is 2. The minimum atomic E-state index is -0.732. The zero-order valence-corrected chi connectivity index (χ0v) is 18.9. The zero-order valence-electron chi connectivity index (χ0n) is 18.9. The molecule has 0 bridgehead atoms. The number of carbonyl (C=O) groups excluding carboxylic acids is 3. The van der Waals surface area contributed by atoms with Crippen molar-refractivity contribution in [3.63, 3.8) is 0 Å². The highest BCUT2D eigenvalue weighted by molar-refractivity contribution is 6.22. The standard InChI is InChI=1S/C24H29N3O5/c1-16-6-5-7-20(17(16)2)25-22(28)15-26(12-13-31-3)21-14-23(29)27(24(21)30)18-8-10-19(32-4)11-9-18/h5-11,21H,12-15H2,1-4H3,(H,25,28)/t21-/m0/s1. The van der Waals surface area contributed by atoms with Crippen molar-refractivity contribution >= 4 is 29.1 Å². The SMILES string of the molecule is COCCN(CC(=O)Nc1cccc(C)c1C)[C@H]1CC(=O)N(c2ccc(OC)cc2)C1=O. The van der Waals surface area contributed by atoms with E-state index in [4.69, 9.17) is 9.47 Å². The number of carbonyl (C=O) groups is 3. The number of benzene rings is 2. The number of nitrogens with zero attached hydrogens (tertiary/aromatic N) is 2. The Labute approximate surface area is 188 Å². The molecule has 1 heterocycles. The molecule has 32 heavy (non-hydrogen) atoms. The number of rotatable bonds is 9. The van der Waals surface area contributed by atoms with Gasteiger partial charge >= 0.3 is 0 Å². The van der Waals surface area contributed by atoms with Crippen molar-refractivity contribution in [2.75, 3.05) is 44.1 Å². The number of nitrogens with one attached hydrogen (secondary N) is 1. The fourth-order valence-corrected chi connectivity index (χ4v) is 3.72. The molecule has 8 heteroatoms. The molecule has 1 fully saturated rings. The van der Waals surface area contributed by atoms with Crippen molar-refractivity contribution in [3.05, 3.63) is 53.6 Å². The molecule has 3 amide bonds. The van der Waals surface area contributed by atoms with Crippen LogP contribution in [0.3, 0.4) is 0 Å². The first-order valence-electron chi connectivity index (χ1n) is 10.5. The van der Waals surface area contributed by atoms with Gasteiger partial charge in [0.15, 0.2) is 0 Å². The smallest absolute Gasteiger partial charge is 0.251 e. The van der Waals surface area contributed by atoms with E-state index >= 15 is 0 Å². The van der Waals surface area contributed by atoms with Crippen LogP contribution >= 0.6 is 0 Å². The first-order chi connectivity index (χ1) is 15.3. The monoisotopic (exact) mass is 439 g/mol. The summed E-state index contributed by atoms with van der Waals surface area (Å²) in [7, 11) is 3.10. The fourth-order valence-electron chi connectivity index (χ4n) is 3.72. The van der Waals surface area contributed by atoms with Crippen LogP contribution in [-0.2, 0) is 19.1 Å². The molecule has 0 radical (unpaired) electrons. The van der Waals surface area contributed by atoms with Gasteiger partial charge in [0.05, 0.1) is 38.4 Å². The minimum Gasteiger partial charge on any atom is -0.497 e. The normalized spacial score (nSPS) is 16.0. The summed E-state index contributed by atoms with van der Waals surface area (Å²) in [5.74, 6) is -0.273. The summed E-state index contributed by atoms with van der Waals surface area (Å²) in [4.78, 5) is 41.6. The minimum absolute atomic E-state index is 0.00529. The lowest BCUT2D eigenvalue weighted by atomic mass is 10.1. The molecule has 170 valence electrons. The highest BCUT2D eigenvalue weighted by Gasteiger charge is 2.43. The van der Waals surface area contributed by atoms with Crippen LogP contribution in [0.2, 0.25) is 0 Å². The number of hydrogen-bond donors (Lipinski definition) is 1. The molecule has 2 aromatic rings. The van der Waals surface area contributed by atoms with Crippen molar-refractivity contribution in [1.29, 1.82) is 0 Å². The first kappa shape index (κ1) is 23.4. The van der Waals surface area contributed by atoms with Gasteiger partial charge in [-0.2, -0.15) is 0 Å². The second-order valence-electron chi connectivity index (χ2n) is 7.74. The van der Waals surface area contributed by atoms with E-state index in [-0.39, 0.29) is 30.7 Å². The van der Waals surface area contributed by atoms with Gasteiger partial charge in [-0.05, 0) is 55.3 Å². The average molecular weight is 440 g/mol. The van der Waals surface area contributed by atoms with Crippen LogP contribution in [0, 0.1) is 13.8 Å². The highest BCUT2D eigenvalue weighted by Crippen LogP contribution is 2.27. The van der Waals surface area contributed by atoms with Gasteiger partial charge in [0.1, 0.15) is 5.75 Å². The van der Waals surface area contributed by atoms with Crippen molar-refractivity contribution in [3.8, 4) is 5.75 Å². The maximum absolute atomic E-state index is 13.2. The predicted octanol–water partition coefficient (Wildman–Crippen LogP) is 2.53. The van der Waals surface area contributed by atoms with E-state index in [0.717, 1.165) is 16.8 Å². The van der Waals surface area contributed by atoms with Gasteiger partial charge in [0.25, 0.3) is 5.91 Å². The first-order valence-corrected chi connectivity index (χ1v) is 10.5. The van der Waals surface area contributed by atoms with Crippen LogP contribution in [-0.4, -0.2) is 62.6 Å². The number of hydrogen-bond acceptors (Lipinski definition) is 6. The molecule has 0 aliphatic carbocycles. The molecule has 0 aromatic heterocycles. The molecule has 2 aromatic carbocycles. The van der Waals surface area contributed by atoms with E-state index in [9.17, 15) is 14.4 Å². The Morgan fingerprint density at radius 2 is 1.84 bits per heavy atom. The van der Waals surface area contributed by atoms with Crippen LogP contribution in [0.5, 0.6) is 5.75 Å². The number of imide groups is 1. The van der Waals surface area contributed by atoms with Gasteiger partial charge in [-0.1, -0.05) is 12.1 Å². The number of amides is 3. The van der Waals surface area contributed by atoms with Crippen molar-refractivity contribution < 1.29 is 23.9 Å². The second kappa shape index (κ2) is 10.4. The quantitative estimate of drug-likeness (QED) is 0.604. The molecule has 3 rings (SSSR count). The summed E-state index contributed by atoms with van der Waals surface area (Å²) < 4.78 is 10.3. The van der Waals surface area contributed by atoms with Gasteiger partial charge in [-0.15, -0.1) is 0 Å². The maximum Gasteiger partial charge on any atom is 0.251 e. The van der Waals surface area contributed by atoms with Crippen molar-refractivity contribution in [2.24, 2.45) is 0 Å². The molecular weight excluding hydrogens is 410 g/mol. The van der Waals surface area contributed by atoms with Crippen LogP contribution in [0.1, 0.15) is 17.5 Å². The summed E-state index contributed by atoms with van der Waals surface area (Å²) >= 11 is 0. The Morgan fingerprint density at radius 3 is 2.50 bits per heavy atom. The van der Waals surface area contributed by atoms with Crippen LogP contribution in [0.15, 0.2) is 42.5 Å². The third-order valence-corrected chi connectivity index (χ3v) is 5.70. The molecule has 8 nitrogen and oxygen atoms in total. The average Bonchev–Trinajstić information content (AvgIpc) is 3.08. The molecular formula is C24H29N3O5. The van der Waals surface area contributed by atoms with Crippen LogP contribution in [0.25, 0.3) is 0 Å². The van der Waals surface area contributed by atoms with Gasteiger partial charge < -0.3 is 14.8 Å². The predicted molar refractivity (Wildman–Crippen MR) is 122 cm³/mol. The van der Waals surface area contributed by atoms with Gasteiger partial charge in [-0.25, -0.2) is 4.90 Å². The Balaban J connectivity index is 1.76. The van der Waals surface area contributed by atoms with E-state index in [1.807, 2.05) is 32.0 Å². The van der Waals surface area contributed by atoms with Gasteiger partial charge in [0.2, 0.25) is 11.8 Å². The molecule has 0 unspecified atom stereocenters. The molecule has 0 spiro atoms. The largest absolute Gasteiger partial charge is 0.497 e. The van der Waals surface area contributed by atoms with Crippen LogP contribution < -0.4 is 15.0 Å². The molecule has 1 aliphatic heterocycles. The summed E-state index contributed by atoms with van der Waals surface area (Å²) in [6.45, 7) is 4.57. The van der Waals surface area contributed by atoms with Crippen LogP contribution in [0.4, 0.5) is 11.4 Å².